The van der Waals surface area contributed by atoms with Crippen molar-refractivity contribution < 1.29 is 22.7 Å². The fourth-order valence-corrected chi connectivity index (χ4v) is 4.49. The molecular weight excluding hydrogens is 294 g/mol. The van der Waals surface area contributed by atoms with Gasteiger partial charge in [-0.15, -0.1) is 0 Å². The molecule has 0 bridgehead atoms. The van der Waals surface area contributed by atoms with Gasteiger partial charge in [-0.2, -0.15) is 0 Å². The summed E-state index contributed by atoms with van der Waals surface area (Å²) in [4.78, 5) is 12.1. The molecular formula is C14H19NO5S. The predicted molar refractivity (Wildman–Crippen MR) is 77.9 cm³/mol. The first-order chi connectivity index (χ1) is 9.76. The minimum atomic E-state index is -3.47. The number of hydrogen-bond donors (Lipinski definition) is 1. The van der Waals surface area contributed by atoms with E-state index in [0.29, 0.717) is 11.3 Å². The van der Waals surface area contributed by atoms with Crippen molar-refractivity contribution in [2.75, 3.05) is 20.0 Å². The summed E-state index contributed by atoms with van der Waals surface area (Å²) in [5, 5.41) is -0.961. The van der Waals surface area contributed by atoms with Gasteiger partial charge in [-0.1, -0.05) is 12.1 Å². The van der Waals surface area contributed by atoms with Gasteiger partial charge in [0.1, 0.15) is 11.3 Å². The largest absolute Gasteiger partial charge is 0.497 e. The van der Waals surface area contributed by atoms with Gasteiger partial charge in [0.25, 0.3) is 0 Å². The van der Waals surface area contributed by atoms with Crippen LogP contribution >= 0.6 is 0 Å². The number of carbonyl (C=O) groups is 1. The monoisotopic (exact) mass is 313 g/mol. The zero-order chi connectivity index (χ0) is 15.8. The summed E-state index contributed by atoms with van der Waals surface area (Å²) in [6.45, 7) is 1.81. The van der Waals surface area contributed by atoms with Gasteiger partial charge in [-0.3, -0.25) is 0 Å². The first-order valence-electron chi connectivity index (χ1n) is 6.55. The van der Waals surface area contributed by atoms with E-state index in [9.17, 15) is 13.2 Å². The second-order valence-electron chi connectivity index (χ2n) is 5.15. The first-order valence-corrected chi connectivity index (χ1v) is 8.51. The van der Waals surface area contributed by atoms with Gasteiger partial charge in [0.2, 0.25) is 0 Å². The number of esters is 1. The lowest BCUT2D eigenvalue weighted by atomic mass is 10.1. The Labute approximate surface area is 124 Å². The summed E-state index contributed by atoms with van der Waals surface area (Å²) < 4.78 is 33.8. The lowest BCUT2D eigenvalue weighted by molar-refractivity contribution is -0.145. The Morgan fingerprint density at radius 2 is 1.90 bits per heavy atom. The van der Waals surface area contributed by atoms with Crippen molar-refractivity contribution in [3.8, 4) is 5.75 Å². The van der Waals surface area contributed by atoms with Crippen molar-refractivity contribution in [1.82, 2.24) is 0 Å². The van der Waals surface area contributed by atoms with Crippen LogP contribution in [0, 0.1) is 0 Å². The molecule has 3 atom stereocenters. The summed E-state index contributed by atoms with van der Waals surface area (Å²) in [5.41, 5.74) is 5.23. The molecule has 21 heavy (non-hydrogen) atoms. The smallest absolute Gasteiger partial charge is 0.328 e. The van der Waals surface area contributed by atoms with Crippen LogP contribution in [0.5, 0.6) is 5.75 Å². The fourth-order valence-electron chi connectivity index (χ4n) is 2.74. The number of methoxy groups -OCH3 is 1. The molecule has 1 saturated carbocycles. The van der Waals surface area contributed by atoms with Gasteiger partial charge in [-0.05, 0) is 24.6 Å². The van der Waals surface area contributed by atoms with Gasteiger partial charge in [0, 0.05) is 12.2 Å². The van der Waals surface area contributed by atoms with E-state index in [-0.39, 0.29) is 6.61 Å². The van der Waals surface area contributed by atoms with Crippen LogP contribution in [0.2, 0.25) is 0 Å². The molecule has 0 aromatic heterocycles. The highest BCUT2D eigenvalue weighted by Crippen LogP contribution is 2.54. The number of rotatable bonds is 5. The zero-order valence-electron chi connectivity index (χ0n) is 12.2. The molecule has 0 heterocycles. The second kappa shape index (κ2) is 5.31. The number of ether oxygens (including phenoxy) is 2. The summed E-state index contributed by atoms with van der Waals surface area (Å²) in [7, 11) is -1.93. The van der Waals surface area contributed by atoms with Crippen molar-refractivity contribution in [3.63, 3.8) is 0 Å². The molecule has 1 aromatic carbocycles. The third kappa shape index (κ3) is 2.63. The van der Waals surface area contributed by atoms with Crippen molar-refractivity contribution in [2.24, 2.45) is 5.73 Å². The third-order valence-corrected chi connectivity index (χ3v) is 5.33. The van der Waals surface area contributed by atoms with Gasteiger partial charge in [-0.25, -0.2) is 13.2 Å². The van der Waals surface area contributed by atoms with Crippen LogP contribution in [0.3, 0.4) is 0 Å². The molecule has 6 nitrogen and oxygen atoms in total. The molecule has 0 amide bonds. The van der Waals surface area contributed by atoms with E-state index in [2.05, 4.69) is 0 Å². The predicted octanol–water partition coefficient (Wildman–Crippen LogP) is 0.466. The minimum absolute atomic E-state index is 0.156. The normalized spacial score (nSPS) is 28.0. The molecule has 0 radical (unpaired) electrons. The maximum Gasteiger partial charge on any atom is 0.328 e. The summed E-state index contributed by atoms with van der Waals surface area (Å²) in [5.74, 6) is -0.632. The van der Waals surface area contributed by atoms with Crippen LogP contribution in [0.4, 0.5) is 0 Å². The SMILES string of the molecule is CCOC(=O)[C@]1(N)[C@H](c2ccc(OC)cc2)[C@@H]1S(C)(=O)=O. The Balaban J connectivity index is 2.38. The van der Waals surface area contributed by atoms with Crippen molar-refractivity contribution >= 4 is 15.8 Å². The molecule has 2 rings (SSSR count). The summed E-state index contributed by atoms with van der Waals surface area (Å²) in [6.07, 6.45) is 1.09. The fraction of sp³-hybridized carbons (Fsp3) is 0.500. The maximum absolute atomic E-state index is 12.1. The van der Waals surface area contributed by atoms with Crippen LogP contribution in [-0.2, 0) is 19.4 Å². The van der Waals surface area contributed by atoms with E-state index < -0.39 is 32.5 Å². The second-order valence-corrected chi connectivity index (χ2v) is 7.32. The van der Waals surface area contributed by atoms with E-state index in [1.54, 1.807) is 31.2 Å². The highest BCUT2D eigenvalue weighted by atomic mass is 32.2. The van der Waals surface area contributed by atoms with Crippen LogP contribution in [-0.4, -0.2) is 45.1 Å². The van der Waals surface area contributed by atoms with E-state index in [1.165, 1.54) is 7.11 Å². The van der Waals surface area contributed by atoms with E-state index >= 15 is 0 Å². The van der Waals surface area contributed by atoms with Gasteiger partial charge >= 0.3 is 5.97 Å². The van der Waals surface area contributed by atoms with Crippen molar-refractivity contribution in [1.29, 1.82) is 0 Å². The van der Waals surface area contributed by atoms with E-state index in [0.717, 1.165) is 6.26 Å². The Morgan fingerprint density at radius 3 is 2.33 bits per heavy atom. The number of sulfone groups is 1. The van der Waals surface area contributed by atoms with Gasteiger partial charge < -0.3 is 15.2 Å². The molecule has 1 aliphatic rings. The van der Waals surface area contributed by atoms with Gasteiger partial charge in [0.15, 0.2) is 9.84 Å². The molecule has 0 unspecified atom stereocenters. The highest BCUT2D eigenvalue weighted by Gasteiger charge is 2.73. The maximum atomic E-state index is 12.1. The number of nitrogens with two attached hydrogens (primary N) is 1. The van der Waals surface area contributed by atoms with Crippen LogP contribution in [0.25, 0.3) is 0 Å². The van der Waals surface area contributed by atoms with Crippen LogP contribution < -0.4 is 10.5 Å². The molecule has 1 aromatic rings. The number of hydrogen-bond acceptors (Lipinski definition) is 6. The molecule has 2 N–H and O–H groups in total. The Kier molecular flexibility index (Phi) is 3.99. The van der Waals surface area contributed by atoms with Crippen LogP contribution in [0.1, 0.15) is 18.4 Å². The highest BCUT2D eigenvalue weighted by molar-refractivity contribution is 7.91. The molecule has 0 aliphatic heterocycles. The molecule has 116 valence electrons. The Bertz CT molecular complexity index is 640. The summed E-state index contributed by atoms with van der Waals surface area (Å²) in [6, 6.07) is 6.85. The van der Waals surface area contributed by atoms with Gasteiger partial charge in [0.05, 0.1) is 19.0 Å². The summed E-state index contributed by atoms with van der Waals surface area (Å²) >= 11 is 0. The topological polar surface area (TPSA) is 95.7 Å². The minimum Gasteiger partial charge on any atom is -0.497 e. The Hall–Kier alpha value is -1.60. The van der Waals surface area contributed by atoms with Crippen molar-refractivity contribution in [2.45, 2.75) is 23.6 Å². The zero-order valence-corrected chi connectivity index (χ0v) is 13.0. The first kappa shape index (κ1) is 15.8. The molecule has 7 heteroatoms. The standard InChI is InChI=1S/C14H19NO5S/c1-4-20-13(16)14(15)11(12(14)21(3,17)18)9-5-7-10(19-2)8-6-9/h5-8,11-12H,4,15H2,1-3H3/t11-,12+,14+/m1/s1. The average molecular weight is 313 g/mol. The molecule has 0 saturated heterocycles. The van der Waals surface area contributed by atoms with Crippen LogP contribution in [0.15, 0.2) is 24.3 Å². The van der Waals surface area contributed by atoms with Crippen molar-refractivity contribution in [3.05, 3.63) is 29.8 Å². The lowest BCUT2D eigenvalue weighted by Crippen LogP contribution is -2.41. The van der Waals surface area contributed by atoms with E-state index in [4.69, 9.17) is 15.2 Å². The number of benzene rings is 1. The Morgan fingerprint density at radius 1 is 1.33 bits per heavy atom. The lowest BCUT2D eigenvalue weighted by Gasteiger charge is -2.10. The molecule has 1 fully saturated rings. The van der Waals surface area contributed by atoms with E-state index in [1.807, 2.05) is 0 Å². The molecule has 0 spiro atoms. The number of carbonyl (C=O) groups excluding carboxylic acids is 1. The third-order valence-electron chi connectivity index (χ3n) is 3.74. The molecule has 1 aliphatic carbocycles. The average Bonchev–Trinajstić information content (AvgIpc) is 3.07. The quantitative estimate of drug-likeness (QED) is 0.794.